The molecule has 0 bridgehead atoms. The number of rotatable bonds is 1. The number of hydrogen-bond donors (Lipinski definition) is 1. The lowest BCUT2D eigenvalue weighted by molar-refractivity contribution is 0.122. The Morgan fingerprint density at radius 2 is 2.00 bits per heavy atom. The molecular formula is C10H12ClNOS. The first-order valence-electron chi connectivity index (χ1n) is 4.58. The fourth-order valence-corrected chi connectivity index (χ4v) is 1.98. The highest BCUT2D eigenvalue weighted by Crippen LogP contribution is 2.28. The predicted octanol–water partition coefficient (Wildman–Crippen LogP) is 2.47. The molecular weight excluding hydrogens is 218 g/mol. The van der Waals surface area contributed by atoms with Crippen molar-refractivity contribution in [1.82, 2.24) is 0 Å². The molecule has 0 aliphatic carbocycles. The van der Waals surface area contributed by atoms with Gasteiger partial charge in [-0.1, -0.05) is 11.6 Å². The number of hydrogen-bond acceptors (Lipinski definition) is 3. The van der Waals surface area contributed by atoms with E-state index >= 15 is 0 Å². The van der Waals surface area contributed by atoms with E-state index in [4.69, 9.17) is 16.3 Å². The minimum absolute atomic E-state index is 0.771. The summed E-state index contributed by atoms with van der Waals surface area (Å²) in [5.41, 5.74) is 1.06. The second-order valence-electron chi connectivity index (χ2n) is 3.24. The number of halogens is 1. The van der Waals surface area contributed by atoms with Crippen molar-refractivity contribution in [3.05, 3.63) is 23.2 Å². The molecule has 0 N–H and O–H groups in total. The van der Waals surface area contributed by atoms with Gasteiger partial charge in [0.25, 0.3) is 0 Å². The van der Waals surface area contributed by atoms with Gasteiger partial charge in [0.2, 0.25) is 0 Å². The second kappa shape index (κ2) is 4.43. The number of anilines is 1. The van der Waals surface area contributed by atoms with Gasteiger partial charge in [-0.15, -0.1) is 12.6 Å². The van der Waals surface area contributed by atoms with Gasteiger partial charge in [0.05, 0.1) is 23.9 Å². The van der Waals surface area contributed by atoms with Crippen LogP contribution in [0.15, 0.2) is 23.1 Å². The van der Waals surface area contributed by atoms with Crippen LogP contribution in [0.1, 0.15) is 0 Å². The highest BCUT2D eigenvalue weighted by Gasteiger charge is 2.13. The smallest absolute Gasteiger partial charge is 0.0642 e. The Kier molecular flexibility index (Phi) is 3.21. The number of nitrogens with zero attached hydrogens (tertiary/aromatic N) is 1. The van der Waals surface area contributed by atoms with Crippen LogP contribution in [0.4, 0.5) is 5.69 Å². The average Bonchev–Trinajstić information content (AvgIpc) is 2.23. The Balaban J connectivity index is 2.24. The van der Waals surface area contributed by atoms with Gasteiger partial charge in [-0.2, -0.15) is 0 Å². The number of benzene rings is 1. The van der Waals surface area contributed by atoms with Crippen molar-refractivity contribution in [3.8, 4) is 0 Å². The summed E-state index contributed by atoms with van der Waals surface area (Å²) in [5.74, 6) is 0. The van der Waals surface area contributed by atoms with Crippen LogP contribution in [0.25, 0.3) is 0 Å². The van der Waals surface area contributed by atoms with E-state index in [2.05, 4.69) is 17.5 Å². The van der Waals surface area contributed by atoms with E-state index in [0.717, 1.165) is 41.9 Å². The molecule has 1 saturated heterocycles. The molecule has 4 heteroatoms. The Morgan fingerprint density at radius 1 is 1.29 bits per heavy atom. The highest BCUT2D eigenvalue weighted by molar-refractivity contribution is 7.80. The van der Waals surface area contributed by atoms with E-state index in [-0.39, 0.29) is 0 Å². The molecule has 1 aromatic carbocycles. The van der Waals surface area contributed by atoms with Gasteiger partial charge < -0.3 is 9.64 Å². The topological polar surface area (TPSA) is 12.5 Å². The molecule has 1 aromatic rings. The molecule has 1 aliphatic heterocycles. The predicted molar refractivity (Wildman–Crippen MR) is 61.7 cm³/mol. The quantitative estimate of drug-likeness (QED) is 0.743. The molecule has 0 saturated carbocycles. The van der Waals surface area contributed by atoms with E-state index < -0.39 is 0 Å². The minimum Gasteiger partial charge on any atom is -0.378 e. The van der Waals surface area contributed by atoms with Crippen molar-refractivity contribution in [3.63, 3.8) is 0 Å². The lowest BCUT2D eigenvalue weighted by atomic mass is 10.2. The van der Waals surface area contributed by atoms with E-state index in [9.17, 15) is 0 Å². The van der Waals surface area contributed by atoms with Crippen LogP contribution >= 0.6 is 24.2 Å². The monoisotopic (exact) mass is 229 g/mol. The Morgan fingerprint density at radius 3 is 2.71 bits per heavy atom. The summed E-state index contributed by atoms with van der Waals surface area (Å²) in [6.45, 7) is 3.34. The van der Waals surface area contributed by atoms with Crippen LogP contribution in [-0.2, 0) is 4.74 Å². The van der Waals surface area contributed by atoms with E-state index in [1.54, 1.807) is 0 Å². The van der Waals surface area contributed by atoms with E-state index in [0.29, 0.717) is 0 Å². The number of ether oxygens (including phenoxy) is 1. The molecule has 76 valence electrons. The third-order valence-electron chi connectivity index (χ3n) is 2.28. The largest absolute Gasteiger partial charge is 0.378 e. The zero-order valence-corrected chi connectivity index (χ0v) is 9.39. The third kappa shape index (κ3) is 2.16. The average molecular weight is 230 g/mol. The van der Waals surface area contributed by atoms with Gasteiger partial charge in [0.1, 0.15) is 0 Å². The molecule has 0 aromatic heterocycles. The lowest BCUT2D eigenvalue weighted by Crippen LogP contribution is -2.36. The van der Waals surface area contributed by atoms with Crippen molar-refractivity contribution >= 4 is 29.9 Å². The van der Waals surface area contributed by atoms with Gasteiger partial charge >= 0.3 is 0 Å². The van der Waals surface area contributed by atoms with Gasteiger partial charge in [0, 0.05) is 18.0 Å². The molecule has 2 rings (SSSR count). The maximum atomic E-state index is 6.11. The van der Waals surface area contributed by atoms with Crippen molar-refractivity contribution in [1.29, 1.82) is 0 Å². The number of thiol groups is 1. The van der Waals surface area contributed by atoms with Gasteiger partial charge in [-0.05, 0) is 18.2 Å². The molecule has 2 nitrogen and oxygen atoms in total. The Labute approximate surface area is 94.2 Å². The molecule has 0 amide bonds. The van der Waals surface area contributed by atoms with Crippen LogP contribution < -0.4 is 4.90 Å². The zero-order chi connectivity index (χ0) is 9.97. The van der Waals surface area contributed by atoms with Crippen LogP contribution in [0.5, 0.6) is 0 Å². The standard InChI is InChI=1S/C10H12ClNOS/c11-9-2-1-8(14)7-10(9)12-3-5-13-6-4-12/h1-2,7,14H,3-6H2. The summed E-state index contributed by atoms with van der Waals surface area (Å²) >= 11 is 10.4. The van der Waals surface area contributed by atoms with Crippen molar-refractivity contribution in [2.75, 3.05) is 31.2 Å². The molecule has 0 unspecified atom stereocenters. The van der Waals surface area contributed by atoms with Crippen LogP contribution in [0.2, 0.25) is 5.02 Å². The molecule has 14 heavy (non-hydrogen) atoms. The molecule has 0 radical (unpaired) electrons. The molecule has 1 heterocycles. The molecule has 1 fully saturated rings. The van der Waals surface area contributed by atoms with Gasteiger partial charge in [-0.25, -0.2) is 0 Å². The first-order chi connectivity index (χ1) is 6.77. The van der Waals surface area contributed by atoms with Crippen molar-refractivity contribution in [2.45, 2.75) is 4.90 Å². The summed E-state index contributed by atoms with van der Waals surface area (Å²) in [4.78, 5) is 3.17. The maximum absolute atomic E-state index is 6.11. The van der Waals surface area contributed by atoms with Gasteiger partial charge in [-0.3, -0.25) is 0 Å². The van der Waals surface area contributed by atoms with E-state index in [1.165, 1.54) is 0 Å². The summed E-state index contributed by atoms with van der Waals surface area (Å²) in [5, 5.41) is 0.782. The van der Waals surface area contributed by atoms with Gasteiger partial charge in [0.15, 0.2) is 0 Å². The van der Waals surface area contributed by atoms with Crippen LogP contribution in [0.3, 0.4) is 0 Å². The first kappa shape index (κ1) is 10.1. The lowest BCUT2D eigenvalue weighted by Gasteiger charge is -2.29. The fraction of sp³-hybridized carbons (Fsp3) is 0.400. The number of morpholine rings is 1. The molecule has 1 aliphatic rings. The maximum Gasteiger partial charge on any atom is 0.0642 e. The summed E-state index contributed by atoms with van der Waals surface area (Å²) in [6.07, 6.45) is 0. The van der Waals surface area contributed by atoms with Crippen molar-refractivity contribution in [2.24, 2.45) is 0 Å². The Bertz CT molecular complexity index is 326. The SMILES string of the molecule is Sc1ccc(Cl)c(N2CCOCC2)c1. The fourth-order valence-electron chi connectivity index (χ4n) is 1.55. The van der Waals surface area contributed by atoms with Crippen LogP contribution in [0, 0.1) is 0 Å². The summed E-state index contributed by atoms with van der Waals surface area (Å²) in [7, 11) is 0. The Hall–Kier alpha value is -0.380. The summed E-state index contributed by atoms with van der Waals surface area (Å²) in [6, 6.07) is 5.78. The third-order valence-corrected chi connectivity index (χ3v) is 2.88. The van der Waals surface area contributed by atoms with Crippen LogP contribution in [-0.4, -0.2) is 26.3 Å². The second-order valence-corrected chi connectivity index (χ2v) is 4.16. The highest BCUT2D eigenvalue weighted by atomic mass is 35.5. The first-order valence-corrected chi connectivity index (χ1v) is 5.41. The van der Waals surface area contributed by atoms with E-state index in [1.807, 2.05) is 18.2 Å². The van der Waals surface area contributed by atoms with Crippen molar-refractivity contribution < 1.29 is 4.74 Å². The minimum atomic E-state index is 0.771. The molecule has 0 atom stereocenters. The molecule has 0 spiro atoms. The normalized spacial score (nSPS) is 17.1. The zero-order valence-electron chi connectivity index (χ0n) is 7.74. The summed E-state index contributed by atoms with van der Waals surface area (Å²) < 4.78 is 5.29.